The lowest BCUT2D eigenvalue weighted by Crippen LogP contribution is -2.15. The number of methoxy groups -OCH3 is 1. The van der Waals surface area contributed by atoms with E-state index < -0.39 is 5.97 Å². The van der Waals surface area contributed by atoms with Crippen molar-refractivity contribution in [3.05, 3.63) is 53.1 Å². The number of hydrogen-bond acceptors (Lipinski definition) is 6. The lowest BCUT2D eigenvalue weighted by Gasteiger charge is -2.12. The Labute approximate surface area is 178 Å². The van der Waals surface area contributed by atoms with Crippen LogP contribution >= 0.6 is 11.6 Å². The maximum atomic E-state index is 13.0. The van der Waals surface area contributed by atoms with Gasteiger partial charge >= 0.3 is 5.97 Å². The van der Waals surface area contributed by atoms with Crippen molar-refractivity contribution < 1.29 is 14.3 Å². The number of anilines is 1. The molecule has 0 amide bonds. The van der Waals surface area contributed by atoms with Crippen molar-refractivity contribution in [1.82, 2.24) is 14.5 Å². The minimum atomic E-state index is -0.533. The highest BCUT2D eigenvalue weighted by Gasteiger charge is 2.27. The van der Waals surface area contributed by atoms with Gasteiger partial charge in [0.2, 0.25) is 0 Å². The lowest BCUT2D eigenvalue weighted by molar-refractivity contribution is 0.0338. The highest BCUT2D eigenvalue weighted by Crippen LogP contribution is 2.34. The van der Waals surface area contributed by atoms with Crippen molar-refractivity contribution in [3.63, 3.8) is 0 Å². The molecule has 0 unspecified atom stereocenters. The minimum absolute atomic E-state index is 0.190. The zero-order valence-electron chi connectivity index (χ0n) is 16.8. The zero-order chi connectivity index (χ0) is 21.4. The van der Waals surface area contributed by atoms with Crippen LogP contribution in [0.3, 0.4) is 0 Å². The Bertz CT molecular complexity index is 1270. The molecule has 0 radical (unpaired) electrons. The summed E-state index contributed by atoms with van der Waals surface area (Å²) in [6, 6.07) is 12.7. The summed E-state index contributed by atoms with van der Waals surface area (Å²) in [5.41, 5.74) is 9.46. The van der Waals surface area contributed by atoms with E-state index in [2.05, 4.69) is 4.98 Å². The summed E-state index contributed by atoms with van der Waals surface area (Å²) >= 11 is 6.33. The van der Waals surface area contributed by atoms with Gasteiger partial charge < -0.3 is 15.2 Å². The van der Waals surface area contributed by atoms with Crippen LogP contribution in [0.1, 0.15) is 30.6 Å². The number of nitrogens with two attached hydrogens (primary N) is 1. The average molecular weight is 425 g/mol. The molecule has 0 fully saturated rings. The van der Waals surface area contributed by atoms with Gasteiger partial charge in [-0.05, 0) is 43.7 Å². The number of rotatable bonds is 5. The molecule has 7 nitrogen and oxygen atoms in total. The van der Waals surface area contributed by atoms with E-state index in [0.29, 0.717) is 45.1 Å². The van der Waals surface area contributed by atoms with E-state index in [1.807, 2.05) is 38.1 Å². The Morgan fingerprint density at radius 1 is 1.20 bits per heavy atom. The molecule has 8 heteroatoms. The molecule has 0 spiro atoms. The summed E-state index contributed by atoms with van der Waals surface area (Å²) in [5.74, 6) is 0.188. The highest BCUT2D eigenvalue weighted by atomic mass is 35.5. The molecule has 2 aromatic carbocycles. The van der Waals surface area contributed by atoms with Crippen LogP contribution in [0.5, 0.6) is 5.75 Å². The number of carbonyl (C=O) groups excluding carboxylic acids is 1. The molecule has 154 valence electrons. The number of esters is 1. The van der Waals surface area contributed by atoms with E-state index in [1.54, 1.807) is 29.9 Å². The molecule has 0 aliphatic rings. The number of halogens is 1. The van der Waals surface area contributed by atoms with Crippen molar-refractivity contribution in [3.8, 4) is 11.4 Å². The first kappa shape index (κ1) is 20.0. The van der Waals surface area contributed by atoms with Crippen molar-refractivity contribution in [1.29, 1.82) is 0 Å². The molecule has 0 bridgehead atoms. The van der Waals surface area contributed by atoms with Crippen LogP contribution in [-0.4, -0.2) is 33.7 Å². The monoisotopic (exact) mass is 424 g/mol. The van der Waals surface area contributed by atoms with E-state index in [0.717, 1.165) is 0 Å². The first-order valence-electron chi connectivity index (χ1n) is 9.56. The Hall–Kier alpha value is -3.32. The number of fused-ring (bicyclic) bond motifs is 2. The molecule has 2 N–H and O–H groups in total. The normalized spacial score (nSPS) is 12.3. The van der Waals surface area contributed by atoms with Crippen LogP contribution in [0.15, 0.2) is 42.5 Å². The van der Waals surface area contributed by atoms with Gasteiger partial charge in [0.1, 0.15) is 22.6 Å². The molecule has 30 heavy (non-hydrogen) atoms. The summed E-state index contributed by atoms with van der Waals surface area (Å²) in [6.45, 7) is 3.77. The topological polar surface area (TPSA) is 92.3 Å². The largest absolute Gasteiger partial charge is 0.495 e. The van der Waals surface area contributed by atoms with E-state index in [4.69, 9.17) is 31.8 Å². The molecular weight excluding hydrogens is 404 g/mol. The Morgan fingerprint density at radius 3 is 2.53 bits per heavy atom. The SMILES string of the molecule is CC[C@H](C)OC(=O)c1c(N)n(-c2ccc(OC)c(Cl)c2)c2nc3ccccc3nc12. The molecule has 4 aromatic rings. The third-order valence-electron chi connectivity index (χ3n) is 4.98. The number of carbonyl (C=O) groups is 1. The number of hydrogen-bond donors (Lipinski definition) is 1. The maximum absolute atomic E-state index is 13.0. The third-order valence-corrected chi connectivity index (χ3v) is 5.27. The Balaban J connectivity index is 2.02. The molecule has 0 aliphatic heterocycles. The van der Waals surface area contributed by atoms with E-state index >= 15 is 0 Å². The summed E-state index contributed by atoms with van der Waals surface area (Å²) in [5, 5.41) is 0.411. The van der Waals surface area contributed by atoms with Crippen molar-refractivity contribution in [2.24, 2.45) is 0 Å². The summed E-state index contributed by atoms with van der Waals surface area (Å²) in [4.78, 5) is 22.4. The van der Waals surface area contributed by atoms with Gasteiger partial charge in [-0.25, -0.2) is 14.8 Å². The fourth-order valence-electron chi connectivity index (χ4n) is 3.24. The number of nitrogen functional groups attached to an aromatic ring is 1. The second-order valence-corrected chi connectivity index (χ2v) is 7.33. The summed E-state index contributed by atoms with van der Waals surface area (Å²) in [6.07, 6.45) is 0.437. The summed E-state index contributed by atoms with van der Waals surface area (Å²) < 4.78 is 12.4. The Morgan fingerprint density at radius 2 is 1.90 bits per heavy atom. The van der Waals surface area contributed by atoms with Crippen LogP contribution < -0.4 is 10.5 Å². The van der Waals surface area contributed by atoms with Crippen molar-refractivity contribution in [2.45, 2.75) is 26.4 Å². The predicted molar refractivity (Wildman–Crippen MR) is 118 cm³/mol. The fraction of sp³-hybridized carbons (Fsp3) is 0.227. The molecule has 2 aromatic heterocycles. The number of nitrogens with zero attached hydrogens (tertiary/aromatic N) is 3. The molecule has 0 aliphatic carbocycles. The van der Waals surface area contributed by atoms with Gasteiger partial charge in [-0.2, -0.15) is 0 Å². The van der Waals surface area contributed by atoms with Crippen LogP contribution in [-0.2, 0) is 4.74 Å². The molecule has 1 atom stereocenters. The van der Waals surface area contributed by atoms with Gasteiger partial charge in [0.15, 0.2) is 5.65 Å². The van der Waals surface area contributed by atoms with Crippen molar-refractivity contribution in [2.75, 3.05) is 12.8 Å². The predicted octanol–water partition coefficient (Wildman–Crippen LogP) is 4.77. The van der Waals surface area contributed by atoms with Gasteiger partial charge in [-0.1, -0.05) is 30.7 Å². The van der Waals surface area contributed by atoms with Crippen LogP contribution in [0.25, 0.3) is 27.9 Å². The standard InChI is InChI=1S/C22H21ClN4O3/c1-4-12(2)30-22(28)18-19-21(26-16-8-6-5-7-15(16)25-19)27(20(18)24)13-9-10-17(29-3)14(23)11-13/h5-12H,4,24H2,1-3H3/t12-/m0/s1. The van der Waals surface area contributed by atoms with E-state index in [-0.39, 0.29) is 17.5 Å². The first-order valence-corrected chi connectivity index (χ1v) is 9.94. The molecule has 0 saturated heterocycles. The molecule has 0 saturated carbocycles. The lowest BCUT2D eigenvalue weighted by atomic mass is 10.2. The van der Waals surface area contributed by atoms with Gasteiger partial charge in [0.05, 0.1) is 35.0 Å². The minimum Gasteiger partial charge on any atom is -0.495 e. The average Bonchev–Trinajstić information content (AvgIpc) is 3.02. The quantitative estimate of drug-likeness (QED) is 0.464. The Kier molecular flexibility index (Phi) is 5.22. The van der Waals surface area contributed by atoms with Gasteiger partial charge in [-0.3, -0.25) is 4.57 Å². The first-order chi connectivity index (χ1) is 14.4. The van der Waals surface area contributed by atoms with Crippen LogP contribution in [0.2, 0.25) is 5.02 Å². The van der Waals surface area contributed by atoms with Gasteiger partial charge in [-0.15, -0.1) is 0 Å². The molecule has 2 heterocycles. The zero-order valence-corrected chi connectivity index (χ0v) is 17.6. The van der Waals surface area contributed by atoms with Crippen LogP contribution in [0, 0.1) is 0 Å². The van der Waals surface area contributed by atoms with E-state index in [9.17, 15) is 4.79 Å². The number of ether oxygens (including phenoxy) is 2. The van der Waals surface area contributed by atoms with Gasteiger partial charge in [0.25, 0.3) is 0 Å². The second kappa shape index (κ2) is 7.84. The van der Waals surface area contributed by atoms with Gasteiger partial charge in [0, 0.05) is 0 Å². The molecular formula is C22H21ClN4O3. The van der Waals surface area contributed by atoms with Crippen molar-refractivity contribution >= 4 is 45.6 Å². The summed E-state index contributed by atoms with van der Waals surface area (Å²) in [7, 11) is 1.54. The van der Waals surface area contributed by atoms with Crippen LogP contribution in [0.4, 0.5) is 5.82 Å². The number of aromatic nitrogens is 3. The fourth-order valence-corrected chi connectivity index (χ4v) is 3.50. The van der Waals surface area contributed by atoms with E-state index in [1.165, 1.54) is 0 Å². The number of para-hydroxylation sites is 2. The second-order valence-electron chi connectivity index (χ2n) is 6.92. The molecule has 4 rings (SSSR count). The maximum Gasteiger partial charge on any atom is 0.344 e. The third kappa shape index (κ3) is 3.31. The smallest absolute Gasteiger partial charge is 0.344 e. The highest BCUT2D eigenvalue weighted by molar-refractivity contribution is 6.32. The number of benzene rings is 2.